The van der Waals surface area contributed by atoms with E-state index in [4.69, 9.17) is 4.74 Å². The molecule has 0 spiro atoms. The summed E-state index contributed by atoms with van der Waals surface area (Å²) in [6.45, 7) is 1.22. The normalized spacial score (nSPS) is 11.0. The Balaban J connectivity index is 1.95. The Morgan fingerprint density at radius 2 is 1.59 bits per heavy atom. The average Bonchev–Trinajstić information content (AvgIpc) is 2.78. The van der Waals surface area contributed by atoms with E-state index >= 15 is 0 Å². The third-order valence-corrected chi connectivity index (χ3v) is 6.41. The molecule has 3 aromatic rings. The summed E-state index contributed by atoms with van der Waals surface area (Å²) >= 11 is 0. The van der Waals surface area contributed by atoms with Crippen LogP contribution in [0.25, 0.3) is 0 Å². The zero-order chi connectivity index (χ0) is 23.3. The number of methoxy groups -OCH3 is 1. The highest BCUT2D eigenvalue weighted by Gasteiger charge is 2.27. The van der Waals surface area contributed by atoms with Gasteiger partial charge in [-0.25, -0.2) is 17.6 Å². The second kappa shape index (κ2) is 9.61. The lowest BCUT2D eigenvalue weighted by atomic mass is 10.2. The van der Waals surface area contributed by atoms with E-state index in [1.54, 1.807) is 24.3 Å². The summed E-state index contributed by atoms with van der Waals surface area (Å²) in [5.41, 5.74) is 1.28. The molecule has 3 aromatic carbocycles. The van der Waals surface area contributed by atoms with Crippen molar-refractivity contribution >= 4 is 33.3 Å². The average molecular weight is 456 g/mol. The first-order valence-corrected chi connectivity index (χ1v) is 11.0. The quantitative estimate of drug-likeness (QED) is 0.547. The van der Waals surface area contributed by atoms with Crippen molar-refractivity contribution in [3.05, 3.63) is 89.7 Å². The summed E-state index contributed by atoms with van der Waals surface area (Å²) in [6.07, 6.45) is 0. The molecule has 0 radical (unpaired) electrons. The number of amides is 1. The molecular formula is C23H21FN2O5S. The minimum Gasteiger partial charge on any atom is -0.465 e. The zero-order valence-corrected chi connectivity index (χ0v) is 18.2. The van der Waals surface area contributed by atoms with E-state index < -0.39 is 34.3 Å². The molecule has 0 unspecified atom stereocenters. The molecule has 0 aliphatic rings. The second-order valence-electron chi connectivity index (χ2n) is 6.89. The van der Waals surface area contributed by atoms with Crippen molar-refractivity contribution in [2.45, 2.75) is 11.8 Å². The smallest absolute Gasteiger partial charge is 0.339 e. The van der Waals surface area contributed by atoms with E-state index in [0.29, 0.717) is 0 Å². The van der Waals surface area contributed by atoms with Crippen molar-refractivity contribution in [1.29, 1.82) is 0 Å². The number of carbonyl (C=O) groups excluding carboxylic acids is 2. The molecule has 0 fully saturated rings. The monoisotopic (exact) mass is 456 g/mol. The fourth-order valence-electron chi connectivity index (χ4n) is 2.96. The Labute approximate surface area is 185 Å². The molecule has 0 heterocycles. The van der Waals surface area contributed by atoms with E-state index in [2.05, 4.69) is 5.32 Å². The molecule has 3 rings (SSSR count). The van der Waals surface area contributed by atoms with Gasteiger partial charge in [0.05, 0.1) is 28.9 Å². The van der Waals surface area contributed by atoms with Gasteiger partial charge in [0.25, 0.3) is 10.0 Å². The van der Waals surface area contributed by atoms with E-state index in [1.165, 1.54) is 43.5 Å². The number of para-hydroxylation sites is 1. The number of anilines is 2. The number of aryl methyl sites for hydroxylation is 1. The molecule has 166 valence electrons. The number of hydrogen-bond acceptors (Lipinski definition) is 5. The summed E-state index contributed by atoms with van der Waals surface area (Å²) < 4.78 is 45.7. The molecule has 1 N–H and O–H groups in total. The van der Waals surface area contributed by atoms with E-state index in [-0.39, 0.29) is 21.8 Å². The predicted molar refractivity (Wildman–Crippen MR) is 119 cm³/mol. The van der Waals surface area contributed by atoms with Gasteiger partial charge in [-0.1, -0.05) is 29.8 Å². The molecule has 0 saturated heterocycles. The number of esters is 1. The van der Waals surface area contributed by atoms with Gasteiger partial charge in [-0.3, -0.25) is 9.10 Å². The number of halogens is 1. The molecule has 0 saturated carbocycles. The number of sulfonamides is 1. The van der Waals surface area contributed by atoms with Crippen LogP contribution in [0.5, 0.6) is 0 Å². The van der Waals surface area contributed by atoms with Crippen LogP contribution >= 0.6 is 0 Å². The van der Waals surface area contributed by atoms with Gasteiger partial charge in [0.1, 0.15) is 12.4 Å². The maximum absolute atomic E-state index is 13.4. The Bertz CT molecular complexity index is 1230. The molecule has 32 heavy (non-hydrogen) atoms. The van der Waals surface area contributed by atoms with Crippen LogP contribution in [-0.4, -0.2) is 33.9 Å². The molecular weight excluding hydrogens is 435 g/mol. The van der Waals surface area contributed by atoms with Crippen LogP contribution in [0.2, 0.25) is 0 Å². The van der Waals surface area contributed by atoms with Gasteiger partial charge in [0, 0.05) is 0 Å². The van der Waals surface area contributed by atoms with E-state index in [9.17, 15) is 22.4 Å². The number of carbonyl (C=O) groups is 2. The largest absolute Gasteiger partial charge is 0.465 e. The Kier molecular flexibility index (Phi) is 6.89. The fourth-order valence-corrected chi connectivity index (χ4v) is 4.38. The van der Waals surface area contributed by atoms with E-state index in [1.807, 2.05) is 6.92 Å². The topological polar surface area (TPSA) is 92.8 Å². The summed E-state index contributed by atoms with van der Waals surface area (Å²) in [5.74, 6) is -1.89. The predicted octanol–water partition coefficient (Wildman–Crippen LogP) is 3.75. The lowest BCUT2D eigenvalue weighted by molar-refractivity contribution is -0.114. The number of ether oxygens (including phenoxy) is 1. The van der Waals surface area contributed by atoms with Crippen molar-refractivity contribution in [2.24, 2.45) is 0 Å². The first kappa shape index (κ1) is 23.0. The van der Waals surface area contributed by atoms with Gasteiger partial charge < -0.3 is 10.1 Å². The van der Waals surface area contributed by atoms with Crippen molar-refractivity contribution in [2.75, 3.05) is 23.3 Å². The van der Waals surface area contributed by atoms with Crippen molar-refractivity contribution in [3.8, 4) is 0 Å². The van der Waals surface area contributed by atoms with Crippen molar-refractivity contribution in [3.63, 3.8) is 0 Å². The number of nitrogens with one attached hydrogen (secondary N) is 1. The SMILES string of the molecule is COC(=O)c1ccccc1NC(=O)CN(c1ccc(F)cc1)S(=O)(=O)c1ccc(C)cc1. The van der Waals surface area contributed by atoms with Crippen LogP contribution in [0.4, 0.5) is 15.8 Å². The molecule has 0 bridgehead atoms. The highest BCUT2D eigenvalue weighted by Crippen LogP contribution is 2.25. The van der Waals surface area contributed by atoms with Crippen LogP contribution in [0.1, 0.15) is 15.9 Å². The number of benzene rings is 3. The van der Waals surface area contributed by atoms with Crippen molar-refractivity contribution < 1.29 is 27.1 Å². The van der Waals surface area contributed by atoms with Gasteiger partial charge >= 0.3 is 5.97 Å². The Morgan fingerprint density at radius 3 is 2.22 bits per heavy atom. The van der Waals surface area contributed by atoms with Gasteiger partial charge in [-0.05, 0) is 55.5 Å². The standard InChI is InChI=1S/C23H21FN2O5S/c1-16-7-13-19(14-8-16)32(29,30)26(18-11-9-17(24)10-12-18)15-22(27)25-21-6-4-3-5-20(21)23(28)31-2/h3-14H,15H2,1-2H3,(H,25,27). The van der Waals surface area contributed by atoms with Crippen LogP contribution < -0.4 is 9.62 Å². The number of hydrogen-bond donors (Lipinski definition) is 1. The molecule has 0 atom stereocenters. The Hall–Kier alpha value is -3.72. The highest BCUT2D eigenvalue weighted by atomic mass is 32.2. The van der Waals surface area contributed by atoms with Crippen molar-refractivity contribution in [1.82, 2.24) is 0 Å². The van der Waals surface area contributed by atoms with Crippen LogP contribution in [-0.2, 0) is 19.6 Å². The first-order valence-electron chi connectivity index (χ1n) is 9.54. The summed E-state index contributed by atoms with van der Waals surface area (Å²) in [7, 11) is -2.93. The molecule has 0 aliphatic carbocycles. The van der Waals surface area contributed by atoms with Gasteiger partial charge in [-0.15, -0.1) is 0 Å². The summed E-state index contributed by atoms with van der Waals surface area (Å²) in [5, 5.41) is 2.55. The van der Waals surface area contributed by atoms with Crippen LogP contribution in [0.15, 0.2) is 77.7 Å². The Morgan fingerprint density at radius 1 is 0.969 bits per heavy atom. The van der Waals surface area contributed by atoms with Gasteiger partial charge in [0.2, 0.25) is 5.91 Å². The van der Waals surface area contributed by atoms with Gasteiger partial charge in [0.15, 0.2) is 0 Å². The van der Waals surface area contributed by atoms with Crippen LogP contribution in [0.3, 0.4) is 0 Å². The summed E-state index contributed by atoms with van der Waals surface area (Å²) in [4.78, 5) is 24.7. The first-order chi connectivity index (χ1) is 15.2. The maximum Gasteiger partial charge on any atom is 0.339 e. The van der Waals surface area contributed by atoms with Crippen LogP contribution in [0, 0.1) is 12.7 Å². The molecule has 7 nitrogen and oxygen atoms in total. The third-order valence-electron chi connectivity index (χ3n) is 4.62. The molecule has 1 amide bonds. The lowest BCUT2D eigenvalue weighted by Gasteiger charge is -2.24. The molecule has 9 heteroatoms. The third kappa shape index (κ3) is 5.12. The minimum absolute atomic E-state index is 0.0183. The minimum atomic E-state index is -4.14. The molecule has 0 aromatic heterocycles. The van der Waals surface area contributed by atoms with E-state index in [0.717, 1.165) is 22.0 Å². The number of rotatable bonds is 7. The second-order valence-corrected chi connectivity index (χ2v) is 8.75. The zero-order valence-electron chi connectivity index (χ0n) is 17.4. The summed E-state index contributed by atoms with van der Waals surface area (Å²) in [6, 6.07) is 17.1. The maximum atomic E-state index is 13.4. The molecule has 0 aliphatic heterocycles. The fraction of sp³-hybridized carbons (Fsp3) is 0.130. The highest BCUT2D eigenvalue weighted by molar-refractivity contribution is 7.92. The lowest BCUT2D eigenvalue weighted by Crippen LogP contribution is -2.38. The van der Waals surface area contributed by atoms with Gasteiger partial charge in [-0.2, -0.15) is 0 Å². The number of nitrogens with zero attached hydrogens (tertiary/aromatic N) is 1.